The summed E-state index contributed by atoms with van der Waals surface area (Å²) in [5, 5.41) is 1.59. The van der Waals surface area contributed by atoms with Crippen LogP contribution >= 0.6 is 24.0 Å². The number of rotatable bonds is 3. The van der Waals surface area contributed by atoms with Crippen LogP contribution < -0.4 is 9.91 Å². The number of aromatic nitrogens is 1. The lowest BCUT2D eigenvalue weighted by molar-refractivity contribution is -0.114. The van der Waals surface area contributed by atoms with Crippen molar-refractivity contribution in [3.63, 3.8) is 0 Å². The zero-order valence-electron chi connectivity index (χ0n) is 14.9. The second kappa shape index (κ2) is 6.93. The average Bonchev–Trinajstić information content (AvgIpc) is 3.33. The number of anilines is 1. The molecular formula is C20H21N3OS2. The maximum Gasteiger partial charge on any atom is 0.285 e. The molecule has 6 heteroatoms. The topological polar surface area (TPSA) is 28.5 Å². The summed E-state index contributed by atoms with van der Waals surface area (Å²) in [7, 11) is 0. The number of aryl methyl sites for hydroxylation is 2. The Labute approximate surface area is 163 Å². The third-order valence-electron chi connectivity index (χ3n) is 4.87. The van der Waals surface area contributed by atoms with E-state index in [1.54, 1.807) is 5.01 Å². The maximum absolute atomic E-state index is 12.9. The van der Waals surface area contributed by atoms with Gasteiger partial charge in [-0.15, -0.1) is 0 Å². The van der Waals surface area contributed by atoms with Crippen LogP contribution in [0.15, 0.2) is 41.3 Å². The molecule has 0 unspecified atom stereocenters. The lowest BCUT2D eigenvalue weighted by atomic mass is 10.2. The minimum Gasteiger partial charge on any atom is -0.372 e. The van der Waals surface area contributed by atoms with Crippen LogP contribution in [0.2, 0.25) is 0 Å². The molecule has 2 saturated heterocycles. The first kappa shape index (κ1) is 17.4. The van der Waals surface area contributed by atoms with Gasteiger partial charge >= 0.3 is 0 Å². The van der Waals surface area contributed by atoms with Gasteiger partial charge in [0.25, 0.3) is 5.91 Å². The van der Waals surface area contributed by atoms with Crippen LogP contribution in [0.25, 0.3) is 6.08 Å². The fraction of sp³-hybridized carbons (Fsp3) is 0.300. The molecule has 0 radical (unpaired) electrons. The molecule has 4 rings (SSSR count). The molecular weight excluding hydrogens is 362 g/mol. The molecule has 4 nitrogen and oxygen atoms in total. The quantitative estimate of drug-likeness (QED) is 0.585. The highest BCUT2D eigenvalue weighted by atomic mass is 32.2. The summed E-state index contributed by atoms with van der Waals surface area (Å²) in [5.41, 5.74) is 4.27. The number of carbonyl (C=O) groups excluding carboxylic acids is 1. The summed E-state index contributed by atoms with van der Waals surface area (Å²) in [6.07, 6.45) is 4.46. The van der Waals surface area contributed by atoms with Gasteiger partial charge in [0.05, 0.1) is 4.91 Å². The molecule has 2 aromatic rings. The second-order valence-corrected chi connectivity index (χ2v) is 8.38. The monoisotopic (exact) mass is 383 g/mol. The summed E-state index contributed by atoms with van der Waals surface area (Å²) in [5.74, 6) is -0.0639. The summed E-state index contributed by atoms with van der Waals surface area (Å²) in [6.45, 7) is 6.22. The van der Waals surface area contributed by atoms with E-state index in [1.165, 1.54) is 30.3 Å². The Morgan fingerprint density at radius 2 is 1.62 bits per heavy atom. The molecule has 3 heterocycles. The largest absolute Gasteiger partial charge is 0.372 e. The highest BCUT2D eigenvalue weighted by Gasteiger charge is 2.34. The van der Waals surface area contributed by atoms with Crippen molar-refractivity contribution in [1.82, 2.24) is 4.68 Å². The van der Waals surface area contributed by atoms with Gasteiger partial charge in [-0.25, -0.2) is 0 Å². The summed E-state index contributed by atoms with van der Waals surface area (Å²) < 4.78 is 2.45. The summed E-state index contributed by atoms with van der Waals surface area (Å²) >= 11 is 6.83. The molecule has 0 saturated carbocycles. The molecule has 0 aliphatic carbocycles. The van der Waals surface area contributed by atoms with Gasteiger partial charge in [-0.3, -0.25) is 9.47 Å². The zero-order valence-corrected chi connectivity index (χ0v) is 16.6. The van der Waals surface area contributed by atoms with Crippen LogP contribution in [-0.2, 0) is 4.79 Å². The molecule has 0 spiro atoms. The molecule has 1 aromatic carbocycles. The van der Waals surface area contributed by atoms with E-state index in [-0.39, 0.29) is 5.91 Å². The van der Waals surface area contributed by atoms with Gasteiger partial charge in [0.2, 0.25) is 0 Å². The predicted molar refractivity (Wildman–Crippen MR) is 113 cm³/mol. The predicted octanol–water partition coefficient (Wildman–Crippen LogP) is 4.24. The van der Waals surface area contributed by atoms with Crippen molar-refractivity contribution in [1.29, 1.82) is 0 Å². The Kier molecular flexibility index (Phi) is 4.63. The first-order valence-corrected chi connectivity index (χ1v) is 10.1. The molecule has 0 N–H and O–H groups in total. The Balaban J connectivity index is 1.58. The van der Waals surface area contributed by atoms with Crippen molar-refractivity contribution < 1.29 is 4.79 Å². The van der Waals surface area contributed by atoms with Crippen LogP contribution in [0, 0.1) is 13.8 Å². The van der Waals surface area contributed by atoms with Crippen LogP contribution in [-0.4, -0.2) is 28.0 Å². The van der Waals surface area contributed by atoms with Gasteiger partial charge in [0, 0.05) is 30.2 Å². The molecule has 0 bridgehead atoms. The number of hydrogen-bond acceptors (Lipinski definition) is 4. The van der Waals surface area contributed by atoms with Gasteiger partial charge in [-0.2, -0.15) is 5.01 Å². The van der Waals surface area contributed by atoms with E-state index in [9.17, 15) is 4.79 Å². The number of nitrogens with zero attached hydrogens (tertiary/aromatic N) is 3. The van der Waals surface area contributed by atoms with Crippen LogP contribution in [0.3, 0.4) is 0 Å². The molecule has 0 atom stereocenters. The van der Waals surface area contributed by atoms with Crippen LogP contribution in [0.4, 0.5) is 5.69 Å². The van der Waals surface area contributed by atoms with E-state index in [1.807, 2.05) is 36.7 Å². The summed E-state index contributed by atoms with van der Waals surface area (Å²) in [4.78, 5) is 16.0. The number of carbonyl (C=O) groups is 1. The molecule has 2 aliphatic heterocycles. The van der Waals surface area contributed by atoms with Crippen molar-refractivity contribution in [2.24, 2.45) is 0 Å². The number of amides is 1. The van der Waals surface area contributed by atoms with Gasteiger partial charge < -0.3 is 4.90 Å². The highest BCUT2D eigenvalue weighted by Crippen LogP contribution is 2.33. The maximum atomic E-state index is 12.9. The third-order valence-corrected chi connectivity index (χ3v) is 6.15. The van der Waals surface area contributed by atoms with E-state index in [0.717, 1.165) is 30.0 Å². The van der Waals surface area contributed by atoms with Gasteiger partial charge in [-0.1, -0.05) is 23.9 Å². The number of hydrogen-bond donors (Lipinski definition) is 0. The van der Waals surface area contributed by atoms with Crippen molar-refractivity contribution in [2.45, 2.75) is 26.7 Å². The zero-order chi connectivity index (χ0) is 18.3. The Bertz CT molecular complexity index is 873. The molecule has 2 fully saturated rings. The van der Waals surface area contributed by atoms with Crippen molar-refractivity contribution in [2.75, 3.05) is 23.0 Å². The van der Waals surface area contributed by atoms with Gasteiger partial charge in [0.1, 0.15) is 0 Å². The lowest BCUT2D eigenvalue weighted by Gasteiger charge is -2.20. The smallest absolute Gasteiger partial charge is 0.285 e. The van der Waals surface area contributed by atoms with E-state index in [0.29, 0.717) is 9.23 Å². The first-order chi connectivity index (χ1) is 12.5. The Morgan fingerprint density at radius 1 is 1.00 bits per heavy atom. The van der Waals surface area contributed by atoms with Gasteiger partial charge in [-0.05, 0) is 74.8 Å². The normalized spacial score (nSPS) is 19.2. The third kappa shape index (κ3) is 3.08. The first-order valence-electron chi connectivity index (χ1n) is 8.83. The van der Waals surface area contributed by atoms with Crippen molar-refractivity contribution >= 4 is 46.0 Å². The fourth-order valence-electron chi connectivity index (χ4n) is 3.52. The SMILES string of the molecule is Cc1ccc(C)n1N1C(=O)/C(=C\c2ccc(N3CCCC3)cc2)SC1=S. The van der Waals surface area contributed by atoms with Crippen LogP contribution in [0.5, 0.6) is 0 Å². The van der Waals surface area contributed by atoms with Crippen LogP contribution in [0.1, 0.15) is 29.8 Å². The minimum atomic E-state index is -0.0639. The Hall–Kier alpha value is -2.05. The minimum absolute atomic E-state index is 0.0639. The van der Waals surface area contributed by atoms with Crippen molar-refractivity contribution in [3.8, 4) is 0 Å². The molecule has 26 heavy (non-hydrogen) atoms. The Morgan fingerprint density at radius 3 is 2.23 bits per heavy atom. The molecule has 2 aliphatic rings. The standard InChI is InChI=1S/C20H21N3OS2/c1-14-5-6-15(2)22(14)23-19(24)18(26-20(23)25)13-16-7-9-17(10-8-16)21-11-3-4-12-21/h5-10,13H,3-4,11-12H2,1-2H3/b18-13+. The average molecular weight is 384 g/mol. The molecule has 1 amide bonds. The molecule has 134 valence electrons. The van der Waals surface area contributed by atoms with E-state index < -0.39 is 0 Å². The highest BCUT2D eigenvalue weighted by molar-refractivity contribution is 8.27. The molecule has 1 aromatic heterocycles. The second-order valence-electron chi connectivity index (χ2n) is 6.71. The van der Waals surface area contributed by atoms with Gasteiger partial charge in [0.15, 0.2) is 4.32 Å². The lowest BCUT2D eigenvalue weighted by Crippen LogP contribution is -2.39. The van der Waals surface area contributed by atoms with Crippen molar-refractivity contribution in [3.05, 3.63) is 58.3 Å². The number of thiocarbonyl (C=S) groups is 1. The number of benzene rings is 1. The van der Waals surface area contributed by atoms with E-state index >= 15 is 0 Å². The van der Waals surface area contributed by atoms with E-state index in [4.69, 9.17) is 12.2 Å². The van der Waals surface area contributed by atoms with E-state index in [2.05, 4.69) is 29.2 Å². The number of thioether (sulfide) groups is 1. The fourth-order valence-corrected chi connectivity index (χ4v) is 4.76. The summed E-state index contributed by atoms with van der Waals surface area (Å²) in [6, 6.07) is 12.4.